The number of furan rings is 1. The van der Waals surface area contributed by atoms with Gasteiger partial charge in [-0.25, -0.2) is 8.42 Å². The number of hydrogen-bond acceptors (Lipinski definition) is 5. The number of ether oxygens (including phenoxy) is 1. The van der Waals surface area contributed by atoms with E-state index in [0.717, 1.165) is 11.3 Å². The average molecular weight is 389 g/mol. The summed E-state index contributed by atoms with van der Waals surface area (Å²) in [5, 5.41) is 0. The molecule has 0 N–H and O–H groups in total. The third kappa shape index (κ3) is 5.23. The fourth-order valence-electron chi connectivity index (χ4n) is 3.10. The molecule has 0 aliphatic carbocycles. The lowest BCUT2D eigenvalue weighted by Crippen LogP contribution is -2.39. The van der Waals surface area contributed by atoms with E-state index in [1.54, 1.807) is 23.1 Å². The quantitative estimate of drug-likeness (QED) is 0.681. The van der Waals surface area contributed by atoms with E-state index in [0.29, 0.717) is 25.3 Å². The first-order valence-corrected chi connectivity index (χ1v) is 10.7. The standard InChI is InChI=1S/C20H23NO5S/c1-2-25-19-7-5-16(6-8-19)14-21(17-11-13-27(23,24)15-17)20(22)10-9-18-4-3-12-26-18/h3-10,12,17H,2,11,13-15H2,1H3. The van der Waals surface area contributed by atoms with E-state index in [1.807, 2.05) is 31.2 Å². The molecule has 2 heterocycles. The molecular weight excluding hydrogens is 366 g/mol. The minimum absolute atomic E-state index is 0.00433. The first kappa shape index (κ1) is 19.2. The van der Waals surface area contributed by atoms with Crippen LogP contribution in [-0.2, 0) is 21.2 Å². The summed E-state index contributed by atoms with van der Waals surface area (Å²) in [4.78, 5) is 14.4. The first-order valence-electron chi connectivity index (χ1n) is 8.91. The molecule has 1 saturated heterocycles. The monoisotopic (exact) mass is 389 g/mol. The molecule has 1 aliphatic rings. The topological polar surface area (TPSA) is 76.8 Å². The molecule has 1 amide bonds. The molecule has 2 aromatic rings. The van der Waals surface area contributed by atoms with Crippen molar-refractivity contribution in [1.82, 2.24) is 4.90 Å². The Labute approximate surface area is 159 Å². The Kier molecular flexibility index (Phi) is 6.01. The van der Waals surface area contributed by atoms with Crippen LogP contribution in [0.1, 0.15) is 24.7 Å². The van der Waals surface area contributed by atoms with Crippen molar-refractivity contribution in [1.29, 1.82) is 0 Å². The van der Waals surface area contributed by atoms with Crippen LogP contribution >= 0.6 is 0 Å². The molecule has 0 spiro atoms. The van der Waals surface area contributed by atoms with Gasteiger partial charge in [-0.05, 0) is 49.2 Å². The van der Waals surface area contributed by atoms with Crippen LogP contribution in [0.4, 0.5) is 0 Å². The second-order valence-electron chi connectivity index (χ2n) is 6.45. The second-order valence-corrected chi connectivity index (χ2v) is 8.68. The van der Waals surface area contributed by atoms with Gasteiger partial charge in [0.05, 0.1) is 24.4 Å². The maximum Gasteiger partial charge on any atom is 0.247 e. The van der Waals surface area contributed by atoms with Crippen LogP contribution < -0.4 is 4.74 Å². The number of hydrogen-bond donors (Lipinski definition) is 0. The van der Waals surface area contributed by atoms with Crippen LogP contribution in [0.3, 0.4) is 0 Å². The van der Waals surface area contributed by atoms with E-state index in [1.165, 1.54) is 12.3 Å². The fraction of sp³-hybridized carbons (Fsp3) is 0.350. The smallest absolute Gasteiger partial charge is 0.247 e. The van der Waals surface area contributed by atoms with E-state index in [4.69, 9.17) is 9.15 Å². The van der Waals surface area contributed by atoms with E-state index in [9.17, 15) is 13.2 Å². The van der Waals surface area contributed by atoms with E-state index >= 15 is 0 Å². The minimum atomic E-state index is -3.09. The summed E-state index contributed by atoms with van der Waals surface area (Å²) < 4.78 is 34.4. The Morgan fingerprint density at radius 3 is 2.67 bits per heavy atom. The molecule has 0 radical (unpaired) electrons. The van der Waals surface area contributed by atoms with Crippen LogP contribution in [-0.4, -0.2) is 43.4 Å². The summed E-state index contributed by atoms with van der Waals surface area (Å²) in [5.74, 6) is 1.22. The van der Waals surface area contributed by atoms with Crippen LogP contribution in [0.5, 0.6) is 5.75 Å². The zero-order chi connectivity index (χ0) is 19.3. The second kappa shape index (κ2) is 8.43. The summed E-state index contributed by atoms with van der Waals surface area (Å²) in [6.45, 7) is 2.84. The lowest BCUT2D eigenvalue weighted by Gasteiger charge is -2.27. The average Bonchev–Trinajstić information content (AvgIpc) is 3.28. The molecule has 3 rings (SSSR count). The van der Waals surface area contributed by atoms with Gasteiger partial charge in [-0.15, -0.1) is 0 Å². The third-order valence-corrected chi connectivity index (χ3v) is 6.20. The molecule has 1 aromatic heterocycles. The number of sulfone groups is 1. The molecule has 0 saturated carbocycles. The third-order valence-electron chi connectivity index (χ3n) is 4.45. The van der Waals surface area contributed by atoms with Gasteiger partial charge in [-0.1, -0.05) is 12.1 Å². The Morgan fingerprint density at radius 1 is 1.30 bits per heavy atom. The van der Waals surface area contributed by atoms with Crippen molar-refractivity contribution in [3.8, 4) is 5.75 Å². The number of rotatable bonds is 7. The van der Waals surface area contributed by atoms with Crippen molar-refractivity contribution in [2.24, 2.45) is 0 Å². The minimum Gasteiger partial charge on any atom is -0.494 e. The van der Waals surface area contributed by atoms with Gasteiger partial charge >= 0.3 is 0 Å². The van der Waals surface area contributed by atoms with Crippen molar-refractivity contribution in [3.63, 3.8) is 0 Å². The molecule has 144 valence electrons. The Balaban J connectivity index is 1.77. The molecule has 27 heavy (non-hydrogen) atoms. The highest BCUT2D eigenvalue weighted by molar-refractivity contribution is 7.91. The molecule has 1 atom stereocenters. The summed E-state index contributed by atoms with van der Waals surface area (Å²) in [5.41, 5.74) is 0.919. The molecule has 1 aromatic carbocycles. The summed E-state index contributed by atoms with van der Waals surface area (Å²) in [7, 11) is -3.09. The SMILES string of the molecule is CCOc1ccc(CN(C(=O)C=Cc2ccco2)C2CCS(=O)(=O)C2)cc1. The molecule has 1 aliphatic heterocycles. The van der Waals surface area contributed by atoms with Gasteiger partial charge in [-0.3, -0.25) is 4.79 Å². The zero-order valence-electron chi connectivity index (χ0n) is 15.2. The maximum atomic E-state index is 12.8. The van der Waals surface area contributed by atoms with Gasteiger partial charge in [0, 0.05) is 18.7 Å². The highest BCUT2D eigenvalue weighted by Gasteiger charge is 2.34. The number of carbonyl (C=O) groups is 1. The van der Waals surface area contributed by atoms with Gasteiger partial charge < -0.3 is 14.1 Å². The number of amides is 1. The lowest BCUT2D eigenvalue weighted by molar-refractivity contribution is -0.128. The normalized spacial score (nSPS) is 18.6. The van der Waals surface area contributed by atoms with Crippen molar-refractivity contribution in [3.05, 3.63) is 60.1 Å². The van der Waals surface area contributed by atoms with Crippen molar-refractivity contribution < 1.29 is 22.4 Å². The largest absolute Gasteiger partial charge is 0.494 e. The first-order chi connectivity index (χ1) is 13.0. The molecule has 6 nitrogen and oxygen atoms in total. The van der Waals surface area contributed by atoms with Crippen molar-refractivity contribution in [2.75, 3.05) is 18.1 Å². The van der Waals surface area contributed by atoms with Crippen LogP contribution in [0.15, 0.2) is 53.2 Å². The van der Waals surface area contributed by atoms with E-state index < -0.39 is 9.84 Å². The van der Waals surface area contributed by atoms with Crippen molar-refractivity contribution in [2.45, 2.75) is 25.9 Å². The Hall–Kier alpha value is -2.54. The zero-order valence-corrected chi connectivity index (χ0v) is 16.0. The summed E-state index contributed by atoms with van der Waals surface area (Å²) in [6.07, 6.45) is 5.01. The van der Waals surface area contributed by atoms with Crippen molar-refractivity contribution >= 4 is 21.8 Å². The summed E-state index contributed by atoms with van der Waals surface area (Å²) >= 11 is 0. The van der Waals surface area contributed by atoms with Crippen LogP contribution in [0.25, 0.3) is 6.08 Å². The van der Waals surface area contributed by atoms with Gasteiger partial charge in [0.2, 0.25) is 5.91 Å². The van der Waals surface area contributed by atoms with Gasteiger partial charge in [0.25, 0.3) is 0 Å². The number of carbonyl (C=O) groups excluding carboxylic acids is 1. The van der Waals surface area contributed by atoms with Gasteiger partial charge in [0.1, 0.15) is 11.5 Å². The van der Waals surface area contributed by atoms with E-state index in [-0.39, 0.29) is 23.5 Å². The molecular formula is C20H23NO5S. The lowest BCUT2D eigenvalue weighted by atomic mass is 10.1. The number of benzene rings is 1. The highest BCUT2D eigenvalue weighted by atomic mass is 32.2. The Morgan fingerprint density at radius 2 is 2.07 bits per heavy atom. The van der Waals surface area contributed by atoms with E-state index in [2.05, 4.69) is 0 Å². The Bertz CT molecular complexity index is 885. The highest BCUT2D eigenvalue weighted by Crippen LogP contribution is 2.22. The fourth-order valence-corrected chi connectivity index (χ4v) is 4.83. The molecule has 1 fully saturated rings. The molecule has 0 bridgehead atoms. The maximum absolute atomic E-state index is 12.8. The summed E-state index contributed by atoms with van der Waals surface area (Å²) in [6, 6.07) is 10.7. The molecule has 1 unspecified atom stereocenters. The predicted molar refractivity (Wildman–Crippen MR) is 103 cm³/mol. The van der Waals surface area contributed by atoms with Gasteiger partial charge in [-0.2, -0.15) is 0 Å². The predicted octanol–water partition coefficient (Wildman–Crippen LogP) is 2.91. The number of nitrogens with zero attached hydrogens (tertiary/aromatic N) is 1. The van der Waals surface area contributed by atoms with Gasteiger partial charge in [0.15, 0.2) is 9.84 Å². The molecule has 7 heteroatoms. The van der Waals surface area contributed by atoms with Crippen LogP contribution in [0.2, 0.25) is 0 Å². The van der Waals surface area contributed by atoms with Crippen LogP contribution in [0, 0.1) is 0 Å².